The summed E-state index contributed by atoms with van der Waals surface area (Å²) in [5, 5.41) is 4.61. The van der Waals surface area contributed by atoms with Crippen molar-refractivity contribution in [2.45, 2.75) is 37.8 Å². The number of rotatable bonds is 4. The molecule has 0 bridgehead atoms. The van der Waals surface area contributed by atoms with Gasteiger partial charge in [0.05, 0.1) is 22.8 Å². The molecule has 0 atom stereocenters. The van der Waals surface area contributed by atoms with Gasteiger partial charge in [-0.2, -0.15) is 9.40 Å². The lowest BCUT2D eigenvalue weighted by molar-refractivity contribution is 0.414. The second kappa shape index (κ2) is 6.58. The lowest BCUT2D eigenvalue weighted by Gasteiger charge is -2.12. The van der Waals surface area contributed by atoms with E-state index in [-0.39, 0.29) is 18.3 Å². The molecule has 0 unspecified atom stereocenters. The Morgan fingerprint density at radius 3 is 2.48 bits per heavy atom. The third-order valence-corrected chi connectivity index (χ3v) is 6.62. The zero-order chi connectivity index (χ0) is 19.2. The van der Waals surface area contributed by atoms with Gasteiger partial charge < -0.3 is 0 Å². The van der Waals surface area contributed by atoms with Crippen molar-refractivity contribution in [3.8, 4) is 5.69 Å². The van der Waals surface area contributed by atoms with E-state index >= 15 is 0 Å². The Bertz CT molecular complexity index is 1090. The number of aromatic nitrogens is 2. The molecule has 2 aromatic carbocycles. The van der Waals surface area contributed by atoms with Gasteiger partial charge in [0.2, 0.25) is 10.0 Å². The quantitative estimate of drug-likeness (QED) is 0.686. The van der Waals surface area contributed by atoms with Crippen LogP contribution in [-0.4, -0.2) is 22.5 Å². The van der Waals surface area contributed by atoms with Gasteiger partial charge in [0.15, 0.2) is 0 Å². The van der Waals surface area contributed by atoms with Crippen LogP contribution < -0.4 is 0 Å². The third-order valence-electron chi connectivity index (χ3n) is 4.73. The van der Waals surface area contributed by atoms with Crippen LogP contribution in [0.1, 0.15) is 36.7 Å². The molecule has 5 nitrogen and oxygen atoms in total. The summed E-state index contributed by atoms with van der Waals surface area (Å²) < 4.78 is 42.0. The average Bonchev–Trinajstić information content (AvgIpc) is 3.16. The first kappa shape index (κ1) is 17.9. The van der Waals surface area contributed by atoms with Crippen LogP contribution in [0.5, 0.6) is 0 Å². The van der Waals surface area contributed by atoms with Gasteiger partial charge in [-0.1, -0.05) is 32.0 Å². The van der Waals surface area contributed by atoms with Gasteiger partial charge >= 0.3 is 0 Å². The smallest absolute Gasteiger partial charge is 0.237 e. The fourth-order valence-electron chi connectivity index (χ4n) is 3.35. The highest BCUT2D eigenvalue weighted by Gasteiger charge is 2.34. The highest BCUT2D eigenvalue weighted by Crippen LogP contribution is 2.31. The largest absolute Gasteiger partial charge is 0.244 e. The van der Waals surface area contributed by atoms with Crippen molar-refractivity contribution >= 4 is 10.0 Å². The van der Waals surface area contributed by atoms with Gasteiger partial charge in [-0.25, -0.2) is 17.5 Å². The van der Waals surface area contributed by atoms with E-state index in [0.717, 1.165) is 16.9 Å². The maximum absolute atomic E-state index is 13.2. The Morgan fingerprint density at radius 1 is 1.11 bits per heavy atom. The number of hydrogen-bond acceptors (Lipinski definition) is 3. The molecule has 1 aromatic heterocycles. The average molecular weight is 385 g/mol. The van der Waals surface area contributed by atoms with Crippen LogP contribution in [0.4, 0.5) is 4.39 Å². The van der Waals surface area contributed by atoms with Crippen LogP contribution in [-0.2, 0) is 23.1 Å². The Morgan fingerprint density at radius 2 is 1.81 bits per heavy atom. The molecule has 2 heterocycles. The van der Waals surface area contributed by atoms with E-state index in [1.165, 1.54) is 16.4 Å². The molecule has 0 spiro atoms. The van der Waals surface area contributed by atoms with E-state index in [1.54, 1.807) is 28.9 Å². The third kappa shape index (κ3) is 3.17. The molecule has 3 aromatic rings. The number of nitrogens with zero attached hydrogens (tertiary/aromatic N) is 3. The summed E-state index contributed by atoms with van der Waals surface area (Å²) in [4.78, 5) is 0.368. The van der Waals surface area contributed by atoms with Crippen molar-refractivity contribution in [3.05, 3.63) is 77.4 Å². The predicted octanol–water partition coefficient (Wildman–Crippen LogP) is 3.84. The van der Waals surface area contributed by atoms with Crippen LogP contribution in [0.25, 0.3) is 5.69 Å². The van der Waals surface area contributed by atoms with Crippen molar-refractivity contribution in [1.29, 1.82) is 0 Å². The monoisotopic (exact) mass is 385 g/mol. The van der Waals surface area contributed by atoms with Crippen LogP contribution >= 0.6 is 0 Å². The Balaban J connectivity index is 1.68. The Kier molecular flexibility index (Phi) is 4.36. The number of benzene rings is 2. The van der Waals surface area contributed by atoms with E-state index in [0.29, 0.717) is 17.1 Å². The van der Waals surface area contributed by atoms with Crippen LogP contribution in [0, 0.1) is 5.82 Å². The van der Waals surface area contributed by atoms with Gasteiger partial charge in [-0.05, 0) is 47.9 Å². The Hall–Kier alpha value is -2.51. The molecule has 4 rings (SSSR count). The van der Waals surface area contributed by atoms with Crippen LogP contribution in [0.3, 0.4) is 0 Å². The lowest BCUT2D eigenvalue weighted by Crippen LogP contribution is -2.24. The van der Waals surface area contributed by atoms with E-state index in [1.807, 2.05) is 32.0 Å². The minimum Gasteiger partial charge on any atom is -0.237 e. The molecule has 27 heavy (non-hydrogen) atoms. The number of hydrogen-bond donors (Lipinski definition) is 0. The molecule has 1 aliphatic rings. The summed E-state index contributed by atoms with van der Waals surface area (Å²) in [6.07, 6.45) is 0. The molecule has 1 aliphatic heterocycles. The minimum atomic E-state index is -3.50. The van der Waals surface area contributed by atoms with E-state index < -0.39 is 10.0 Å². The maximum atomic E-state index is 13.2. The standard InChI is InChI=1S/C20H20FN3O2S/c1-14(2)19-11-17(22-24(19)18-9-7-16(21)8-10-18)13-23-12-15-5-3-4-6-20(15)27(23,25)26/h3-11,14H,12-13H2,1-2H3. The summed E-state index contributed by atoms with van der Waals surface area (Å²) in [5.74, 6) is -0.123. The molecule has 0 fully saturated rings. The van der Waals surface area contributed by atoms with Crippen molar-refractivity contribution in [3.63, 3.8) is 0 Å². The molecular formula is C20H20FN3O2S. The van der Waals surface area contributed by atoms with E-state index in [2.05, 4.69) is 5.10 Å². The fraction of sp³-hybridized carbons (Fsp3) is 0.250. The van der Waals surface area contributed by atoms with Gasteiger partial charge in [0.25, 0.3) is 0 Å². The zero-order valence-corrected chi connectivity index (χ0v) is 15.9. The molecule has 0 radical (unpaired) electrons. The summed E-state index contributed by atoms with van der Waals surface area (Å²) in [5.41, 5.74) is 3.17. The van der Waals surface area contributed by atoms with Crippen molar-refractivity contribution in [2.75, 3.05) is 0 Å². The van der Waals surface area contributed by atoms with Crippen LogP contribution in [0.2, 0.25) is 0 Å². The Labute approximate surface area is 158 Å². The second-order valence-electron chi connectivity index (χ2n) is 6.98. The SMILES string of the molecule is CC(C)c1cc(CN2Cc3ccccc3S2(=O)=O)nn1-c1ccc(F)cc1. The lowest BCUT2D eigenvalue weighted by atomic mass is 10.1. The van der Waals surface area contributed by atoms with Crippen molar-refractivity contribution in [1.82, 2.24) is 14.1 Å². The number of fused-ring (bicyclic) bond motifs is 1. The summed E-state index contributed by atoms with van der Waals surface area (Å²) in [7, 11) is -3.50. The molecule has 7 heteroatoms. The van der Waals surface area contributed by atoms with E-state index in [4.69, 9.17) is 0 Å². The first-order chi connectivity index (χ1) is 12.9. The summed E-state index contributed by atoms with van der Waals surface area (Å²) in [6.45, 7) is 4.64. The molecule has 140 valence electrons. The predicted molar refractivity (Wildman–Crippen MR) is 100 cm³/mol. The highest BCUT2D eigenvalue weighted by atomic mass is 32.2. The minimum absolute atomic E-state index is 0.184. The normalized spacial score (nSPS) is 16.0. The molecule has 0 amide bonds. The molecular weight excluding hydrogens is 365 g/mol. The summed E-state index contributed by atoms with van der Waals surface area (Å²) >= 11 is 0. The van der Waals surface area contributed by atoms with Crippen LogP contribution in [0.15, 0.2) is 59.5 Å². The molecule has 0 saturated carbocycles. The molecule has 0 aliphatic carbocycles. The molecule has 0 N–H and O–H groups in total. The van der Waals surface area contributed by atoms with Gasteiger partial charge in [0, 0.05) is 12.2 Å². The first-order valence-electron chi connectivity index (χ1n) is 8.79. The first-order valence-corrected chi connectivity index (χ1v) is 10.2. The second-order valence-corrected chi connectivity index (χ2v) is 8.89. The van der Waals surface area contributed by atoms with E-state index in [9.17, 15) is 12.8 Å². The van der Waals surface area contributed by atoms with Gasteiger partial charge in [-0.15, -0.1) is 0 Å². The summed E-state index contributed by atoms with van der Waals surface area (Å²) in [6, 6.07) is 15.1. The zero-order valence-electron chi connectivity index (χ0n) is 15.1. The number of halogens is 1. The maximum Gasteiger partial charge on any atom is 0.244 e. The highest BCUT2D eigenvalue weighted by molar-refractivity contribution is 7.89. The van der Waals surface area contributed by atoms with Gasteiger partial charge in [-0.3, -0.25) is 0 Å². The fourth-order valence-corrected chi connectivity index (χ4v) is 4.95. The van der Waals surface area contributed by atoms with Crippen molar-refractivity contribution in [2.24, 2.45) is 0 Å². The van der Waals surface area contributed by atoms with Gasteiger partial charge in [0.1, 0.15) is 5.82 Å². The molecule has 0 saturated heterocycles. The topological polar surface area (TPSA) is 55.2 Å². The number of sulfonamides is 1. The van der Waals surface area contributed by atoms with Crippen molar-refractivity contribution < 1.29 is 12.8 Å².